The summed E-state index contributed by atoms with van der Waals surface area (Å²) in [7, 11) is 1.61. The Kier molecular flexibility index (Phi) is 9.51. The summed E-state index contributed by atoms with van der Waals surface area (Å²) in [5, 5.41) is 0.00367. The average Bonchev–Trinajstić information content (AvgIpc) is 2.83. The monoisotopic (exact) mass is 516 g/mol. The lowest BCUT2D eigenvalue weighted by Gasteiger charge is -2.42. The molecule has 1 aliphatic rings. The number of hydrogen-bond acceptors (Lipinski definition) is 5. The molecule has 0 spiro atoms. The molecule has 1 heterocycles. The molecule has 0 radical (unpaired) electrons. The van der Waals surface area contributed by atoms with E-state index >= 15 is 0 Å². The van der Waals surface area contributed by atoms with Crippen molar-refractivity contribution in [3.63, 3.8) is 0 Å². The van der Waals surface area contributed by atoms with E-state index in [0.29, 0.717) is 44.1 Å². The lowest BCUT2D eigenvalue weighted by molar-refractivity contribution is -0.142. The highest BCUT2D eigenvalue weighted by molar-refractivity contribution is 6.31. The smallest absolute Gasteiger partial charge is 0.272 e. The maximum absolute atomic E-state index is 14.4. The molecule has 8 heteroatoms. The van der Waals surface area contributed by atoms with E-state index in [1.54, 1.807) is 30.2 Å². The lowest BCUT2D eigenvalue weighted by atomic mass is 10.0. The van der Waals surface area contributed by atoms with E-state index in [0.717, 1.165) is 5.56 Å². The first kappa shape index (κ1) is 27.7. The van der Waals surface area contributed by atoms with Gasteiger partial charge in [-0.15, -0.1) is 0 Å². The van der Waals surface area contributed by atoms with Crippen LogP contribution in [-0.4, -0.2) is 55.5 Å². The zero-order chi connectivity index (χ0) is 26.3. The number of amides is 1. The van der Waals surface area contributed by atoms with Gasteiger partial charge in [-0.1, -0.05) is 35.9 Å². The quantitative estimate of drug-likeness (QED) is 0.310. The minimum Gasteiger partial charge on any atom is -0.493 e. The van der Waals surface area contributed by atoms with E-state index in [1.165, 1.54) is 12.3 Å². The van der Waals surface area contributed by atoms with Gasteiger partial charge in [0, 0.05) is 18.3 Å². The number of benzene rings is 2. The van der Waals surface area contributed by atoms with Gasteiger partial charge in [-0.2, -0.15) is 0 Å². The highest BCUT2D eigenvalue weighted by atomic mass is 35.5. The fourth-order valence-electron chi connectivity index (χ4n) is 3.92. The van der Waals surface area contributed by atoms with Crippen LogP contribution in [0.25, 0.3) is 0 Å². The number of aryl methyl sites for hydroxylation is 1. The molecule has 2 aromatic carbocycles. The topological polar surface area (TPSA) is 60.4 Å². The van der Waals surface area contributed by atoms with Crippen molar-refractivity contribution in [1.82, 2.24) is 4.90 Å². The van der Waals surface area contributed by atoms with Crippen LogP contribution in [0.1, 0.15) is 45.2 Å². The number of aliphatic imine (C=N–C) groups is 1. The Balaban J connectivity index is 1.85. The highest BCUT2D eigenvalue weighted by Crippen LogP contribution is 2.30. The number of hydrogen-bond donors (Lipinski definition) is 0. The molecule has 0 atom stereocenters. The van der Waals surface area contributed by atoms with Gasteiger partial charge in [0.25, 0.3) is 5.91 Å². The Bertz CT molecular complexity index is 1130. The molecule has 0 saturated carbocycles. The number of carbonyl (C=O) groups is 1. The predicted octanol–water partition coefficient (Wildman–Crippen LogP) is 5.85. The maximum Gasteiger partial charge on any atom is 0.272 e. The molecule has 1 amide bonds. The Morgan fingerprint density at radius 1 is 1.28 bits per heavy atom. The van der Waals surface area contributed by atoms with Crippen LogP contribution in [0.4, 0.5) is 4.39 Å². The molecule has 194 valence electrons. The first-order valence-corrected chi connectivity index (χ1v) is 12.4. The first-order chi connectivity index (χ1) is 17.1. The number of allylic oxidation sites excluding steroid dienone is 1. The van der Waals surface area contributed by atoms with Crippen molar-refractivity contribution >= 4 is 23.7 Å². The third kappa shape index (κ3) is 7.08. The first-order valence-electron chi connectivity index (χ1n) is 12.0. The van der Waals surface area contributed by atoms with E-state index in [1.807, 2.05) is 45.9 Å². The molecule has 2 aromatic rings. The third-order valence-electron chi connectivity index (χ3n) is 5.80. The second-order valence-corrected chi connectivity index (χ2v) is 9.91. The molecule has 0 unspecified atom stereocenters. The summed E-state index contributed by atoms with van der Waals surface area (Å²) in [6.45, 7) is 9.18. The van der Waals surface area contributed by atoms with Crippen molar-refractivity contribution in [1.29, 1.82) is 0 Å². The molecule has 1 saturated heterocycles. The van der Waals surface area contributed by atoms with Gasteiger partial charge in [-0.05, 0) is 64.3 Å². The van der Waals surface area contributed by atoms with Crippen LogP contribution in [-0.2, 0) is 16.0 Å². The van der Waals surface area contributed by atoms with E-state index in [-0.39, 0.29) is 28.3 Å². The fraction of sp³-hybridized carbons (Fsp3) is 0.429. The summed E-state index contributed by atoms with van der Waals surface area (Å²) in [6.07, 6.45) is 4.38. The zero-order valence-electron chi connectivity index (χ0n) is 21.5. The largest absolute Gasteiger partial charge is 0.493 e. The number of halogens is 2. The lowest BCUT2D eigenvalue weighted by Crippen LogP contribution is -2.55. The number of rotatable bonds is 9. The Morgan fingerprint density at radius 2 is 2.06 bits per heavy atom. The molecule has 0 bridgehead atoms. The van der Waals surface area contributed by atoms with E-state index in [2.05, 4.69) is 4.99 Å². The van der Waals surface area contributed by atoms with Crippen LogP contribution in [0.5, 0.6) is 11.5 Å². The van der Waals surface area contributed by atoms with Crippen molar-refractivity contribution < 1.29 is 23.4 Å². The summed E-state index contributed by atoms with van der Waals surface area (Å²) in [6, 6.07) is 10.5. The number of methoxy groups -OCH3 is 1. The van der Waals surface area contributed by atoms with E-state index in [9.17, 15) is 9.18 Å². The Labute approximate surface area is 217 Å². The van der Waals surface area contributed by atoms with Crippen LogP contribution < -0.4 is 9.47 Å². The standard InChI is InChI=1S/C28H34ClFN2O4/c1-19(2)36-24-13-12-20(16-25(24)34-5)8-6-11-23(27(33)32-14-15-35-18-28(32,3)4)31-17-21-9-7-10-22(29)26(21)30/h7,9-13,16-17,19H,6,8,14-15,18H2,1-5H3/b23-11+,31-17+. The Morgan fingerprint density at radius 3 is 2.75 bits per heavy atom. The minimum atomic E-state index is -0.572. The number of morpholine rings is 1. The predicted molar refractivity (Wildman–Crippen MR) is 141 cm³/mol. The number of ether oxygens (including phenoxy) is 3. The van der Waals surface area contributed by atoms with Crippen LogP contribution in [0, 0.1) is 5.82 Å². The van der Waals surface area contributed by atoms with Crippen LogP contribution >= 0.6 is 11.6 Å². The van der Waals surface area contributed by atoms with Gasteiger partial charge in [0.2, 0.25) is 0 Å². The normalized spacial score (nSPS) is 16.0. The summed E-state index contributed by atoms with van der Waals surface area (Å²) in [4.78, 5) is 19.7. The van der Waals surface area contributed by atoms with Gasteiger partial charge in [-0.3, -0.25) is 9.79 Å². The molecule has 1 aliphatic heterocycles. The van der Waals surface area contributed by atoms with Crippen molar-refractivity contribution in [2.45, 2.75) is 52.2 Å². The summed E-state index contributed by atoms with van der Waals surface area (Å²) in [5.74, 6) is 0.550. The molecule has 0 N–H and O–H groups in total. The van der Waals surface area contributed by atoms with Gasteiger partial charge < -0.3 is 19.1 Å². The molecular formula is C28H34ClFN2O4. The zero-order valence-corrected chi connectivity index (χ0v) is 22.3. The molecule has 0 aromatic heterocycles. The SMILES string of the molecule is COc1cc(CC/C=C(/N=C/c2cccc(Cl)c2F)C(=O)N2CCOCC2(C)C)ccc1OC(C)C. The van der Waals surface area contributed by atoms with Crippen LogP contribution in [0.2, 0.25) is 5.02 Å². The van der Waals surface area contributed by atoms with Crippen molar-refractivity contribution in [3.8, 4) is 11.5 Å². The summed E-state index contributed by atoms with van der Waals surface area (Å²) < 4.78 is 31.2. The molecule has 36 heavy (non-hydrogen) atoms. The number of nitrogens with zero attached hydrogens (tertiary/aromatic N) is 2. The second kappa shape index (κ2) is 12.4. The number of carbonyl (C=O) groups excluding carboxylic acids is 1. The minimum absolute atomic E-state index is 0.00367. The van der Waals surface area contributed by atoms with Gasteiger partial charge >= 0.3 is 0 Å². The van der Waals surface area contributed by atoms with Crippen molar-refractivity contribution in [2.24, 2.45) is 4.99 Å². The van der Waals surface area contributed by atoms with Gasteiger partial charge in [0.1, 0.15) is 5.70 Å². The van der Waals surface area contributed by atoms with Gasteiger partial charge in [0.05, 0.1) is 37.0 Å². The molecule has 0 aliphatic carbocycles. The summed E-state index contributed by atoms with van der Waals surface area (Å²) in [5.41, 5.74) is 1.01. The van der Waals surface area contributed by atoms with Gasteiger partial charge in [0.15, 0.2) is 17.3 Å². The average molecular weight is 517 g/mol. The molecule has 1 fully saturated rings. The molecular weight excluding hydrogens is 483 g/mol. The Hall–Kier alpha value is -2.90. The van der Waals surface area contributed by atoms with Crippen molar-refractivity contribution in [3.05, 3.63) is 70.1 Å². The second-order valence-electron chi connectivity index (χ2n) is 9.50. The fourth-order valence-corrected chi connectivity index (χ4v) is 4.10. The van der Waals surface area contributed by atoms with E-state index in [4.69, 9.17) is 25.8 Å². The third-order valence-corrected chi connectivity index (χ3v) is 6.09. The van der Waals surface area contributed by atoms with Crippen LogP contribution in [0.15, 0.2) is 53.2 Å². The van der Waals surface area contributed by atoms with Crippen LogP contribution in [0.3, 0.4) is 0 Å². The molecule has 3 rings (SSSR count). The van der Waals surface area contributed by atoms with Gasteiger partial charge in [-0.25, -0.2) is 4.39 Å². The molecule has 6 nitrogen and oxygen atoms in total. The maximum atomic E-state index is 14.4. The highest BCUT2D eigenvalue weighted by Gasteiger charge is 2.35. The van der Waals surface area contributed by atoms with Crippen molar-refractivity contribution in [2.75, 3.05) is 26.9 Å². The van der Waals surface area contributed by atoms with E-state index < -0.39 is 11.4 Å². The summed E-state index contributed by atoms with van der Waals surface area (Å²) >= 11 is 5.91.